The Hall–Kier alpha value is 0.879. The Morgan fingerprint density at radius 3 is 1.47 bits per heavy atom. The third-order valence-electron chi connectivity index (χ3n) is 4.51. The van der Waals surface area contributed by atoms with Crippen LogP contribution in [0, 0.1) is 0 Å². The molecule has 0 heterocycles. The SMILES string of the molecule is CCC[CH2][Sn]([CH2]CCC)([CH2]CCC)[C](C)(F)S(C)=O. The van der Waals surface area contributed by atoms with Crippen molar-refractivity contribution < 1.29 is 8.60 Å². The molecule has 0 saturated heterocycles. The fraction of sp³-hybridized carbons (Fsp3) is 1.00. The van der Waals surface area contributed by atoms with Gasteiger partial charge in [0, 0.05) is 0 Å². The van der Waals surface area contributed by atoms with Gasteiger partial charge in [0.1, 0.15) is 0 Å². The Morgan fingerprint density at radius 1 is 0.947 bits per heavy atom. The zero-order chi connectivity index (χ0) is 14.9. The van der Waals surface area contributed by atoms with Gasteiger partial charge in [-0.2, -0.15) is 0 Å². The summed E-state index contributed by atoms with van der Waals surface area (Å²) in [5, 5.41) is 0. The summed E-state index contributed by atoms with van der Waals surface area (Å²) in [6.07, 6.45) is 8.34. The second-order valence-corrected chi connectivity index (χ2v) is 22.9. The molecule has 2 atom stereocenters. The maximum absolute atomic E-state index is 15.3. The minimum absolute atomic E-state index is 1.08. The molecule has 0 aromatic rings. The molecule has 0 N–H and O–H groups in total. The van der Waals surface area contributed by atoms with Crippen molar-refractivity contribution in [2.45, 2.75) is 82.5 Å². The second-order valence-electron chi connectivity index (χ2n) is 5.96. The molecule has 116 valence electrons. The summed E-state index contributed by atoms with van der Waals surface area (Å²) in [5.74, 6) is 0. The van der Waals surface area contributed by atoms with Crippen LogP contribution in [0.15, 0.2) is 0 Å². The van der Waals surface area contributed by atoms with E-state index >= 15 is 4.39 Å². The van der Waals surface area contributed by atoms with Crippen LogP contribution in [0.1, 0.15) is 66.2 Å². The van der Waals surface area contributed by atoms with Gasteiger partial charge >= 0.3 is 127 Å². The van der Waals surface area contributed by atoms with Crippen LogP contribution in [0.4, 0.5) is 4.39 Å². The maximum atomic E-state index is 15.3. The molecule has 1 nitrogen and oxygen atoms in total. The van der Waals surface area contributed by atoms with Crippen LogP contribution in [-0.2, 0) is 10.8 Å². The van der Waals surface area contributed by atoms with E-state index in [1.807, 2.05) is 0 Å². The predicted molar refractivity (Wildman–Crippen MR) is 88.5 cm³/mol. The summed E-state index contributed by atoms with van der Waals surface area (Å²) in [7, 11) is -1.33. The van der Waals surface area contributed by atoms with Crippen LogP contribution < -0.4 is 0 Å². The molecule has 0 saturated carbocycles. The molecule has 0 radical (unpaired) electrons. The van der Waals surface area contributed by atoms with Crippen LogP contribution in [0.3, 0.4) is 0 Å². The summed E-state index contributed by atoms with van der Waals surface area (Å²) in [4.78, 5) is 0. The van der Waals surface area contributed by atoms with Crippen molar-refractivity contribution in [1.29, 1.82) is 0 Å². The Balaban J connectivity index is 5.24. The van der Waals surface area contributed by atoms with Crippen molar-refractivity contribution in [2.24, 2.45) is 0 Å². The zero-order valence-electron chi connectivity index (χ0n) is 13.6. The minimum atomic E-state index is -3.00. The standard InChI is InChI=1S/3C4H9.C3H6FOS.Sn/c3*1-3-4-2;1-3(4)6(2)5;/h3*1,3-4H2,2H3;1-2H3;. The molecule has 2 unspecified atom stereocenters. The molecular weight excluding hydrogens is 366 g/mol. The Bertz CT molecular complexity index is 247. The Labute approximate surface area is 126 Å². The average Bonchev–Trinajstić information content (AvgIpc) is 2.37. The topological polar surface area (TPSA) is 17.1 Å². The van der Waals surface area contributed by atoms with Crippen LogP contribution in [0.2, 0.25) is 13.3 Å². The van der Waals surface area contributed by atoms with E-state index in [0.717, 1.165) is 51.8 Å². The molecule has 0 aliphatic carbocycles. The first-order chi connectivity index (χ1) is 8.88. The molecule has 0 aliphatic heterocycles. The monoisotopic (exact) mass is 400 g/mol. The van der Waals surface area contributed by atoms with Crippen molar-refractivity contribution >= 4 is 29.2 Å². The van der Waals surface area contributed by atoms with Crippen molar-refractivity contribution in [3.05, 3.63) is 0 Å². The van der Waals surface area contributed by atoms with E-state index in [1.54, 1.807) is 13.2 Å². The van der Waals surface area contributed by atoms with Crippen LogP contribution in [-0.4, -0.2) is 31.9 Å². The van der Waals surface area contributed by atoms with E-state index in [9.17, 15) is 4.21 Å². The quantitative estimate of drug-likeness (QED) is 0.423. The normalized spacial score (nSPS) is 17.2. The average molecular weight is 399 g/mol. The van der Waals surface area contributed by atoms with E-state index in [1.165, 1.54) is 0 Å². The molecular formula is C15H33FOSSn. The number of alkyl halides is 1. The van der Waals surface area contributed by atoms with Gasteiger partial charge in [-0.25, -0.2) is 0 Å². The van der Waals surface area contributed by atoms with Crippen LogP contribution >= 0.6 is 0 Å². The summed E-state index contributed by atoms with van der Waals surface area (Å²) in [6.45, 7) is 8.19. The molecule has 19 heavy (non-hydrogen) atoms. The number of unbranched alkanes of at least 4 members (excludes halogenated alkanes) is 3. The Morgan fingerprint density at radius 2 is 1.26 bits per heavy atom. The molecule has 0 amide bonds. The summed E-state index contributed by atoms with van der Waals surface area (Å²) in [5.41, 5.74) is 0. The summed E-state index contributed by atoms with van der Waals surface area (Å²) >= 11 is -3.00. The fourth-order valence-corrected chi connectivity index (χ4v) is 25.6. The van der Waals surface area contributed by atoms with Crippen LogP contribution in [0.5, 0.6) is 0 Å². The van der Waals surface area contributed by atoms with Gasteiger partial charge in [-0.15, -0.1) is 0 Å². The van der Waals surface area contributed by atoms with Crippen molar-refractivity contribution in [3.63, 3.8) is 0 Å². The van der Waals surface area contributed by atoms with Gasteiger partial charge in [0.2, 0.25) is 0 Å². The number of rotatable bonds is 11. The van der Waals surface area contributed by atoms with Crippen molar-refractivity contribution in [2.75, 3.05) is 6.26 Å². The predicted octanol–water partition coefficient (Wildman–Crippen LogP) is 5.44. The van der Waals surface area contributed by atoms with E-state index in [4.69, 9.17) is 0 Å². The molecule has 0 bridgehead atoms. The number of hydrogen-bond donors (Lipinski definition) is 0. The van der Waals surface area contributed by atoms with E-state index in [0.29, 0.717) is 0 Å². The summed E-state index contributed by atoms with van der Waals surface area (Å²) < 4.78 is 29.2. The van der Waals surface area contributed by atoms with E-state index < -0.39 is 32.2 Å². The molecule has 0 aromatic carbocycles. The van der Waals surface area contributed by atoms with Gasteiger partial charge in [0.25, 0.3) is 0 Å². The zero-order valence-corrected chi connectivity index (χ0v) is 17.2. The molecule has 0 rings (SSSR count). The van der Waals surface area contributed by atoms with Gasteiger partial charge in [-0.3, -0.25) is 0 Å². The summed E-state index contributed by atoms with van der Waals surface area (Å²) in [6, 6.07) is 0. The van der Waals surface area contributed by atoms with Gasteiger partial charge in [0.15, 0.2) is 0 Å². The number of hydrogen-bond acceptors (Lipinski definition) is 1. The second kappa shape index (κ2) is 9.75. The van der Waals surface area contributed by atoms with Gasteiger partial charge < -0.3 is 0 Å². The van der Waals surface area contributed by atoms with Gasteiger partial charge in [-0.05, 0) is 0 Å². The van der Waals surface area contributed by atoms with Crippen molar-refractivity contribution in [3.8, 4) is 0 Å². The third kappa shape index (κ3) is 5.64. The van der Waals surface area contributed by atoms with Crippen LogP contribution in [0.25, 0.3) is 0 Å². The van der Waals surface area contributed by atoms with Crippen molar-refractivity contribution in [1.82, 2.24) is 0 Å². The first-order valence-electron chi connectivity index (χ1n) is 7.90. The third-order valence-corrected chi connectivity index (χ3v) is 27.6. The fourth-order valence-electron chi connectivity index (χ4n) is 2.90. The van der Waals surface area contributed by atoms with E-state index in [2.05, 4.69) is 20.8 Å². The van der Waals surface area contributed by atoms with E-state index in [-0.39, 0.29) is 0 Å². The first kappa shape index (κ1) is 19.9. The van der Waals surface area contributed by atoms with Gasteiger partial charge in [-0.1, -0.05) is 0 Å². The molecule has 0 aliphatic rings. The molecule has 4 heteroatoms. The molecule has 0 fully saturated rings. The molecule has 0 aromatic heterocycles. The first-order valence-corrected chi connectivity index (χ1v) is 16.9. The molecule has 0 spiro atoms. The number of halogens is 1. The Kier molecular flexibility index (Phi) is 10.2. The van der Waals surface area contributed by atoms with Gasteiger partial charge in [0.05, 0.1) is 0 Å².